The number of nitrogens with zero attached hydrogens (tertiary/aromatic N) is 1. The Balaban J connectivity index is 2.91. The SMILES string of the molecule is N#CCC=Cc1cc(OC(F)(F)F)ccc1F. The van der Waals surface area contributed by atoms with Gasteiger partial charge < -0.3 is 4.74 Å². The Labute approximate surface area is 94.7 Å². The fourth-order valence-electron chi connectivity index (χ4n) is 1.09. The van der Waals surface area contributed by atoms with E-state index in [0.29, 0.717) is 0 Å². The molecule has 0 saturated carbocycles. The van der Waals surface area contributed by atoms with Crippen molar-refractivity contribution in [3.8, 4) is 11.8 Å². The lowest BCUT2D eigenvalue weighted by Gasteiger charge is -2.09. The molecular formula is C11H7F4NO. The number of hydrogen-bond donors (Lipinski definition) is 0. The number of allylic oxidation sites excluding steroid dienone is 1. The average Bonchev–Trinajstić information content (AvgIpc) is 2.21. The molecule has 0 fully saturated rings. The first-order valence-corrected chi connectivity index (χ1v) is 4.51. The van der Waals surface area contributed by atoms with Crippen LogP contribution in [0.4, 0.5) is 17.6 Å². The molecule has 6 heteroatoms. The number of rotatable bonds is 3. The predicted molar refractivity (Wildman–Crippen MR) is 52.3 cm³/mol. The first-order chi connectivity index (χ1) is 7.92. The fraction of sp³-hybridized carbons (Fsp3) is 0.182. The molecule has 0 radical (unpaired) electrons. The molecule has 0 aliphatic heterocycles. The van der Waals surface area contributed by atoms with Crippen molar-refractivity contribution in [2.24, 2.45) is 0 Å². The minimum atomic E-state index is -4.81. The van der Waals surface area contributed by atoms with E-state index in [1.165, 1.54) is 12.2 Å². The molecule has 0 bridgehead atoms. The zero-order chi connectivity index (χ0) is 12.9. The normalized spacial score (nSPS) is 11.5. The van der Waals surface area contributed by atoms with Crippen molar-refractivity contribution in [1.82, 2.24) is 0 Å². The van der Waals surface area contributed by atoms with Gasteiger partial charge in [0.1, 0.15) is 11.6 Å². The van der Waals surface area contributed by atoms with Gasteiger partial charge in [-0.1, -0.05) is 12.2 Å². The van der Waals surface area contributed by atoms with E-state index >= 15 is 0 Å². The molecule has 90 valence electrons. The summed E-state index contributed by atoms with van der Waals surface area (Å²) < 4.78 is 52.5. The summed E-state index contributed by atoms with van der Waals surface area (Å²) in [5.74, 6) is -1.19. The maximum Gasteiger partial charge on any atom is 0.573 e. The molecule has 2 nitrogen and oxygen atoms in total. The zero-order valence-corrected chi connectivity index (χ0v) is 8.46. The van der Waals surface area contributed by atoms with E-state index < -0.39 is 17.9 Å². The van der Waals surface area contributed by atoms with E-state index in [4.69, 9.17) is 5.26 Å². The van der Waals surface area contributed by atoms with Crippen LogP contribution in [0.3, 0.4) is 0 Å². The Morgan fingerprint density at radius 1 is 1.35 bits per heavy atom. The monoisotopic (exact) mass is 245 g/mol. The van der Waals surface area contributed by atoms with Gasteiger partial charge in [-0.25, -0.2) is 4.39 Å². The van der Waals surface area contributed by atoms with Crippen molar-refractivity contribution in [2.75, 3.05) is 0 Å². The second kappa shape index (κ2) is 5.34. The van der Waals surface area contributed by atoms with Crippen LogP contribution in [0.1, 0.15) is 12.0 Å². The van der Waals surface area contributed by atoms with E-state index in [0.717, 1.165) is 18.2 Å². The number of nitriles is 1. The summed E-state index contributed by atoms with van der Waals surface area (Å²) in [6, 6.07) is 4.45. The van der Waals surface area contributed by atoms with Crippen LogP contribution in [-0.2, 0) is 0 Å². The molecule has 0 spiro atoms. The zero-order valence-electron chi connectivity index (χ0n) is 8.46. The summed E-state index contributed by atoms with van der Waals surface area (Å²) in [6.45, 7) is 0. The van der Waals surface area contributed by atoms with Crippen LogP contribution in [0.2, 0.25) is 0 Å². The van der Waals surface area contributed by atoms with Crippen LogP contribution in [0.25, 0.3) is 6.08 Å². The first kappa shape index (κ1) is 13.0. The van der Waals surface area contributed by atoms with Crippen LogP contribution in [-0.4, -0.2) is 6.36 Å². The third-order valence-corrected chi connectivity index (χ3v) is 1.71. The van der Waals surface area contributed by atoms with Crippen molar-refractivity contribution < 1.29 is 22.3 Å². The van der Waals surface area contributed by atoms with Crippen molar-refractivity contribution in [2.45, 2.75) is 12.8 Å². The number of benzene rings is 1. The molecule has 0 amide bonds. The molecule has 0 aromatic heterocycles. The Morgan fingerprint density at radius 2 is 2.06 bits per heavy atom. The summed E-state index contributed by atoms with van der Waals surface area (Å²) in [5, 5.41) is 8.25. The third kappa shape index (κ3) is 4.55. The van der Waals surface area contributed by atoms with Gasteiger partial charge in [-0.05, 0) is 18.2 Å². The summed E-state index contributed by atoms with van der Waals surface area (Å²) >= 11 is 0. The molecule has 0 heterocycles. The number of hydrogen-bond acceptors (Lipinski definition) is 2. The van der Waals surface area contributed by atoms with Gasteiger partial charge in [-0.15, -0.1) is 13.2 Å². The van der Waals surface area contributed by atoms with Gasteiger partial charge in [0.2, 0.25) is 0 Å². The lowest BCUT2D eigenvalue weighted by molar-refractivity contribution is -0.274. The molecular weight excluding hydrogens is 238 g/mol. The van der Waals surface area contributed by atoms with Gasteiger partial charge in [-0.2, -0.15) is 5.26 Å². The molecule has 0 N–H and O–H groups in total. The largest absolute Gasteiger partial charge is 0.573 e. The summed E-state index contributed by atoms with van der Waals surface area (Å²) in [6.07, 6.45) is -2.20. The number of halogens is 4. The maximum absolute atomic E-state index is 13.2. The molecule has 0 aliphatic rings. The minimum Gasteiger partial charge on any atom is -0.406 e. The van der Waals surface area contributed by atoms with Crippen LogP contribution < -0.4 is 4.74 Å². The van der Waals surface area contributed by atoms with Gasteiger partial charge in [0.25, 0.3) is 0 Å². The molecule has 0 saturated heterocycles. The van der Waals surface area contributed by atoms with E-state index in [2.05, 4.69) is 4.74 Å². The minimum absolute atomic E-state index is 0.0454. The second-order valence-corrected chi connectivity index (χ2v) is 3.00. The summed E-state index contributed by atoms with van der Waals surface area (Å²) in [7, 11) is 0. The van der Waals surface area contributed by atoms with Gasteiger partial charge in [-0.3, -0.25) is 0 Å². The van der Waals surface area contributed by atoms with E-state index in [-0.39, 0.29) is 12.0 Å². The third-order valence-electron chi connectivity index (χ3n) is 1.71. The van der Waals surface area contributed by atoms with Crippen LogP contribution in [0.5, 0.6) is 5.75 Å². The highest BCUT2D eigenvalue weighted by Crippen LogP contribution is 2.25. The summed E-state index contributed by atoms with van der Waals surface area (Å²) in [5.41, 5.74) is -0.0676. The standard InChI is InChI=1S/C11H7F4NO/c12-10-5-4-9(17-11(13,14)15)7-8(10)3-1-2-6-16/h1,3-5,7H,2H2. The average molecular weight is 245 g/mol. The molecule has 1 aromatic rings. The molecule has 0 atom stereocenters. The molecule has 0 aliphatic carbocycles. The topological polar surface area (TPSA) is 33.0 Å². The predicted octanol–water partition coefficient (Wildman–Crippen LogP) is 3.65. The highest BCUT2D eigenvalue weighted by Gasteiger charge is 2.31. The Bertz CT molecular complexity index is 460. The number of alkyl halides is 3. The molecule has 0 unspecified atom stereocenters. The first-order valence-electron chi connectivity index (χ1n) is 4.51. The molecule has 17 heavy (non-hydrogen) atoms. The summed E-state index contributed by atoms with van der Waals surface area (Å²) in [4.78, 5) is 0. The van der Waals surface area contributed by atoms with Gasteiger partial charge in [0.05, 0.1) is 12.5 Å². The van der Waals surface area contributed by atoms with Gasteiger partial charge >= 0.3 is 6.36 Å². The Kier molecular flexibility index (Phi) is 4.10. The van der Waals surface area contributed by atoms with Crippen molar-refractivity contribution in [3.63, 3.8) is 0 Å². The Morgan fingerprint density at radius 3 is 2.65 bits per heavy atom. The molecule has 1 aromatic carbocycles. The van der Waals surface area contributed by atoms with E-state index in [1.54, 1.807) is 6.07 Å². The fourth-order valence-corrected chi connectivity index (χ4v) is 1.09. The van der Waals surface area contributed by atoms with E-state index in [1.807, 2.05) is 0 Å². The van der Waals surface area contributed by atoms with E-state index in [9.17, 15) is 17.6 Å². The van der Waals surface area contributed by atoms with Crippen LogP contribution in [0.15, 0.2) is 24.3 Å². The highest BCUT2D eigenvalue weighted by atomic mass is 19.4. The maximum atomic E-state index is 13.2. The van der Waals surface area contributed by atoms with Crippen LogP contribution >= 0.6 is 0 Å². The van der Waals surface area contributed by atoms with Crippen molar-refractivity contribution in [1.29, 1.82) is 5.26 Å². The van der Waals surface area contributed by atoms with Crippen molar-refractivity contribution in [3.05, 3.63) is 35.7 Å². The Hall–Kier alpha value is -2.03. The quantitative estimate of drug-likeness (QED) is 0.761. The highest BCUT2D eigenvalue weighted by molar-refractivity contribution is 5.52. The van der Waals surface area contributed by atoms with Gasteiger partial charge in [0.15, 0.2) is 0 Å². The molecule has 1 rings (SSSR count). The van der Waals surface area contributed by atoms with Crippen LogP contribution in [0, 0.1) is 17.1 Å². The van der Waals surface area contributed by atoms with Crippen molar-refractivity contribution >= 4 is 6.08 Å². The second-order valence-electron chi connectivity index (χ2n) is 3.00. The number of ether oxygens (including phenoxy) is 1. The van der Waals surface area contributed by atoms with Gasteiger partial charge in [0, 0.05) is 5.56 Å². The lowest BCUT2D eigenvalue weighted by Crippen LogP contribution is -2.17. The lowest BCUT2D eigenvalue weighted by atomic mass is 10.2. The smallest absolute Gasteiger partial charge is 0.406 e.